The number of fused-ring (bicyclic) bond motifs is 3. The van der Waals surface area contributed by atoms with Gasteiger partial charge in [-0.05, 0) is 34.9 Å². The second-order valence-corrected chi connectivity index (χ2v) is 9.75. The van der Waals surface area contributed by atoms with Crippen LogP contribution < -0.4 is 0 Å². The van der Waals surface area contributed by atoms with Crippen molar-refractivity contribution in [3.05, 3.63) is 42.5 Å². The average Bonchev–Trinajstić information content (AvgIpc) is 2.88. The summed E-state index contributed by atoms with van der Waals surface area (Å²) in [5, 5.41) is 2.47. The molecule has 2 aliphatic rings. The number of hydrogen-bond acceptors (Lipinski definition) is 5. The van der Waals surface area contributed by atoms with E-state index in [1.54, 1.807) is 0 Å². The third-order valence-corrected chi connectivity index (χ3v) is 7.38. The van der Waals surface area contributed by atoms with Crippen LogP contribution in [0.5, 0.6) is 0 Å². The van der Waals surface area contributed by atoms with Crippen LogP contribution in [0.25, 0.3) is 10.8 Å². The Hall–Kier alpha value is -0.786. The molecule has 2 atom stereocenters. The van der Waals surface area contributed by atoms with Gasteiger partial charge in [-0.2, -0.15) is 4.90 Å². The van der Waals surface area contributed by atoms with Gasteiger partial charge in [-0.15, -0.1) is 0 Å². The number of hydrogen-bond donors (Lipinski definition) is 0. The fourth-order valence-corrected chi connectivity index (χ4v) is 6.05. The van der Waals surface area contributed by atoms with Crippen molar-refractivity contribution in [1.29, 1.82) is 0 Å². The standard InChI is InChI=1S/C10H16O4S.C10H8S.Ti/c1-9(2)7-3-4-10(9,8(11)5-7)6-15(12,13)14;11-10-6-5-8-3-1-2-4-9(8)7-10;/h7H,3-6H2,1-2H3,(H,12,13,14);1-7,11H;/q;;+2/p-2/t7-,10-;;/m1../s1. The molecule has 0 unspecified atom stereocenters. The van der Waals surface area contributed by atoms with Crippen LogP contribution in [0.4, 0.5) is 0 Å². The monoisotopic (exact) mass is 438 g/mol. The Bertz CT molecular complexity index is 955. The summed E-state index contributed by atoms with van der Waals surface area (Å²) in [4.78, 5) is 12.8. The number of benzene rings is 2. The van der Waals surface area contributed by atoms with Gasteiger partial charge in [0.2, 0.25) is 0 Å². The molecule has 2 bridgehead atoms. The molecule has 2 aromatic rings. The zero-order valence-electron chi connectivity index (χ0n) is 15.4. The molecular formula is C20H22O4S2Ti. The summed E-state index contributed by atoms with van der Waals surface area (Å²) in [6.45, 7) is 3.83. The van der Waals surface area contributed by atoms with E-state index in [0.29, 0.717) is 12.8 Å². The van der Waals surface area contributed by atoms with Gasteiger partial charge in [-0.25, -0.2) is 8.42 Å². The summed E-state index contributed by atoms with van der Waals surface area (Å²) in [6.07, 6.45) is 1.88. The predicted molar refractivity (Wildman–Crippen MR) is 103 cm³/mol. The molecule has 142 valence electrons. The molecule has 4 nitrogen and oxygen atoms in total. The van der Waals surface area contributed by atoms with Crippen molar-refractivity contribution in [2.45, 2.75) is 38.0 Å². The Morgan fingerprint density at radius 1 is 1.15 bits per heavy atom. The Morgan fingerprint density at radius 3 is 2.30 bits per heavy atom. The van der Waals surface area contributed by atoms with Crippen LogP contribution in [0.2, 0.25) is 0 Å². The fraction of sp³-hybridized carbons (Fsp3) is 0.450. The van der Waals surface area contributed by atoms with E-state index in [0.717, 1.165) is 11.3 Å². The third-order valence-electron chi connectivity index (χ3n) is 6.28. The van der Waals surface area contributed by atoms with Crippen molar-refractivity contribution in [1.82, 2.24) is 0 Å². The molecule has 0 heterocycles. The van der Waals surface area contributed by atoms with E-state index in [1.165, 1.54) is 10.8 Å². The topological polar surface area (TPSA) is 74.3 Å². The fourth-order valence-electron chi connectivity index (χ4n) is 4.58. The van der Waals surface area contributed by atoms with Crippen LogP contribution in [-0.2, 0) is 49.3 Å². The minimum Gasteiger partial charge on any atom is -0.780 e. The van der Waals surface area contributed by atoms with Crippen molar-refractivity contribution < 1.29 is 39.5 Å². The quantitative estimate of drug-likeness (QED) is 0.406. The van der Waals surface area contributed by atoms with Gasteiger partial charge in [0.05, 0.1) is 15.9 Å². The summed E-state index contributed by atoms with van der Waals surface area (Å²) in [5.41, 5.74) is -1.22. The van der Waals surface area contributed by atoms with Crippen molar-refractivity contribution in [3.63, 3.8) is 0 Å². The second kappa shape index (κ2) is 7.92. The Kier molecular flexibility index (Phi) is 6.60. The van der Waals surface area contributed by atoms with E-state index in [-0.39, 0.29) is 38.8 Å². The van der Waals surface area contributed by atoms with Crippen LogP contribution in [0.3, 0.4) is 0 Å². The maximum absolute atomic E-state index is 11.8. The molecule has 0 aromatic heterocycles. The molecule has 0 saturated heterocycles. The van der Waals surface area contributed by atoms with E-state index in [1.807, 2.05) is 38.1 Å². The molecule has 7 heteroatoms. The molecule has 0 amide bonds. The first kappa shape index (κ1) is 22.5. The zero-order chi connectivity index (χ0) is 19.2. The number of carbonyl (C=O) groups excluding carboxylic acids is 1. The van der Waals surface area contributed by atoms with Crippen molar-refractivity contribution >= 4 is 39.3 Å². The molecule has 0 spiro atoms. The Labute approximate surface area is 181 Å². The molecule has 0 radical (unpaired) electrons. The van der Waals surface area contributed by atoms with Crippen molar-refractivity contribution in [2.24, 2.45) is 16.7 Å². The number of Topliss-reactive ketones (excluding diaryl/α,β-unsaturated/α-hetero) is 1. The van der Waals surface area contributed by atoms with Gasteiger partial charge < -0.3 is 17.2 Å². The van der Waals surface area contributed by atoms with E-state index >= 15 is 0 Å². The minimum absolute atomic E-state index is 0. The number of rotatable bonds is 2. The summed E-state index contributed by atoms with van der Waals surface area (Å²) in [5.74, 6) is -0.280. The van der Waals surface area contributed by atoms with Gasteiger partial charge in [-0.3, -0.25) is 4.79 Å². The maximum Gasteiger partial charge on any atom is 2.00 e. The van der Waals surface area contributed by atoms with Crippen LogP contribution in [-0.4, -0.2) is 24.5 Å². The first-order chi connectivity index (χ1) is 12.1. The largest absolute Gasteiger partial charge is 2.00 e. The SMILES string of the molecule is CC1(C)[C@@H]2CC[C@@]1(CS(=O)(=O)[O-])C(=O)C2.[S-]c1ccc2ccccc2c1.[Ti+2]. The molecule has 0 N–H and O–H groups in total. The molecule has 27 heavy (non-hydrogen) atoms. The van der Waals surface area contributed by atoms with Gasteiger partial charge in [0.15, 0.2) is 0 Å². The average molecular weight is 438 g/mol. The van der Waals surface area contributed by atoms with Crippen LogP contribution in [0, 0.1) is 16.7 Å². The minimum atomic E-state index is -4.33. The van der Waals surface area contributed by atoms with E-state index in [4.69, 9.17) is 12.6 Å². The first-order valence-corrected chi connectivity index (χ1v) is 10.7. The van der Waals surface area contributed by atoms with Gasteiger partial charge in [-0.1, -0.05) is 56.3 Å². The van der Waals surface area contributed by atoms with Gasteiger partial charge >= 0.3 is 21.7 Å². The molecule has 2 saturated carbocycles. The van der Waals surface area contributed by atoms with E-state index in [2.05, 4.69) is 18.2 Å². The number of ketones is 1. The first-order valence-electron chi connectivity index (χ1n) is 8.68. The van der Waals surface area contributed by atoms with Crippen LogP contribution >= 0.6 is 0 Å². The molecular weight excluding hydrogens is 416 g/mol. The summed E-state index contributed by atoms with van der Waals surface area (Å²) in [6, 6.07) is 14.2. The normalized spacial score (nSPS) is 25.6. The Morgan fingerprint density at radius 2 is 1.78 bits per heavy atom. The third kappa shape index (κ3) is 4.30. The summed E-state index contributed by atoms with van der Waals surface area (Å²) in [7, 11) is -4.33. The molecule has 2 aromatic carbocycles. The predicted octanol–water partition coefficient (Wildman–Crippen LogP) is 3.67. The zero-order valence-corrected chi connectivity index (χ0v) is 18.6. The van der Waals surface area contributed by atoms with Crippen LogP contribution in [0.15, 0.2) is 47.4 Å². The van der Waals surface area contributed by atoms with Gasteiger partial charge in [0, 0.05) is 11.8 Å². The summed E-state index contributed by atoms with van der Waals surface area (Å²) >= 11 is 5.04. The van der Waals surface area contributed by atoms with Crippen LogP contribution in [0.1, 0.15) is 33.1 Å². The molecule has 4 rings (SSSR count). The second-order valence-electron chi connectivity index (χ2n) is 7.88. The van der Waals surface area contributed by atoms with Gasteiger partial charge in [0.25, 0.3) is 0 Å². The van der Waals surface area contributed by atoms with Crippen molar-refractivity contribution in [2.75, 3.05) is 5.75 Å². The summed E-state index contributed by atoms with van der Waals surface area (Å²) < 4.78 is 32.7. The van der Waals surface area contributed by atoms with Gasteiger partial charge in [0.1, 0.15) is 5.78 Å². The molecule has 2 fully saturated rings. The van der Waals surface area contributed by atoms with E-state index < -0.39 is 21.3 Å². The van der Waals surface area contributed by atoms with E-state index in [9.17, 15) is 17.8 Å². The number of carbonyl (C=O) groups is 1. The Balaban J connectivity index is 0.000000194. The molecule has 0 aliphatic heterocycles. The maximum atomic E-state index is 11.8. The molecule has 2 aliphatic carbocycles. The smallest absolute Gasteiger partial charge is 0.780 e. The van der Waals surface area contributed by atoms with Crippen molar-refractivity contribution in [3.8, 4) is 0 Å².